The van der Waals surface area contributed by atoms with Gasteiger partial charge in [0.25, 0.3) is 0 Å². The standard InChI is InChI=1S/C12H21N5O/c1-6-9-14-11(13)8(2)12(15-9)17(5)7-10(18)16(3)4/h6-7H2,1-5H3,(H2,13,14,15). The number of anilines is 2. The Balaban J connectivity index is 3.01. The summed E-state index contributed by atoms with van der Waals surface area (Å²) in [5.74, 6) is 1.90. The molecule has 0 spiro atoms. The van der Waals surface area contributed by atoms with Gasteiger partial charge in [-0.25, -0.2) is 9.97 Å². The van der Waals surface area contributed by atoms with Crippen molar-refractivity contribution in [3.8, 4) is 0 Å². The fourth-order valence-corrected chi connectivity index (χ4v) is 1.52. The van der Waals surface area contributed by atoms with Crippen LogP contribution in [0.15, 0.2) is 0 Å². The zero-order valence-corrected chi connectivity index (χ0v) is 11.7. The molecule has 6 heteroatoms. The van der Waals surface area contributed by atoms with E-state index >= 15 is 0 Å². The van der Waals surface area contributed by atoms with Crippen molar-refractivity contribution in [1.29, 1.82) is 0 Å². The highest BCUT2D eigenvalue weighted by Gasteiger charge is 2.15. The number of nitrogens with zero attached hydrogens (tertiary/aromatic N) is 4. The summed E-state index contributed by atoms with van der Waals surface area (Å²) in [7, 11) is 5.29. The first-order valence-electron chi connectivity index (χ1n) is 5.91. The molecule has 1 amide bonds. The molecular weight excluding hydrogens is 230 g/mol. The molecule has 1 aromatic rings. The van der Waals surface area contributed by atoms with Crippen molar-refractivity contribution in [2.45, 2.75) is 20.3 Å². The van der Waals surface area contributed by atoms with Gasteiger partial charge in [0.05, 0.1) is 6.54 Å². The fourth-order valence-electron chi connectivity index (χ4n) is 1.52. The van der Waals surface area contributed by atoms with Gasteiger partial charge >= 0.3 is 0 Å². The number of rotatable bonds is 4. The molecular formula is C12H21N5O. The Kier molecular flexibility index (Phi) is 4.47. The SMILES string of the molecule is CCc1nc(N)c(C)c(N(C)CC(=O)N(C)C)n1. The highest BCUT2D eigenvalue weighted by molar-refractivity contribution is 5.81. The van der Waals surface area contributed by atoms with E-state index in [0.29, 0.717) is 18.1 Å². The minimum atomic E-state index is 0.0205. The summed E-state index contributed by atoms with van der Waals surface area (Å²) in [6, 6.07) is 0. The number of hydrogen-bond donors (Lipinski definition) is 1. The lowest BCUT2D eigenvalue weighted by Crippen LogP contribution is -2.35. The lowest BCUT2D eigenvalue weighted by molar-refractivity contribution is -0.127. The summed E-state index contributed by atoms with van der Waals surface area (Å²) in [4.78, 5) is 23.7. The molecule has 0 aromatic carbocycles. The van der Waals surface area contributed by atoms with Crippen molar-refractivity contribution in [3.05, 3.63) is 11.4 Å². The number of hydrogen-bond acceptors (Lipinski definition) is 5. The molecule has 0 aliphatic heterocycles. The molecule has 1 aromatic heterocycles. The zero-order valence-electron chi connectivity index (χ0n) is 11.7. The normalized spacial score (nSPS) is 10.3. The minimum Gasteiger partial charge on any atom is -0.383 e. The van der Waals surface area contributed by atoms with Crippen LogP contribution in [0.1, 0.15) is 18.3 Å². The third kappa shape index (κ3) is 3.09. The number of carbonyl (C=O) groups excluding carboxylic acids is 1. The Morgan fingerprint density at radius 3 is 2.39 bits per heavy atom. The molecule has 100 valence electrons. The average Bonchev–Trinajstić information content (AvgIpc) is 2.31. The van der Waals surface area contributed by atoms with Crippen molar-refractivity contribution < 1.29 is 4.79 Å². The third-order valence-electron chi connectivity index (χ3n) is 2.75. The number of aromatic nitrogens is 2. The summed E-state index contributed by atoms with van der Waals surface area (Å²) in [5, 5.41) is 0. The minimum absolute atomic E-state index is 0.0205. The predicted molar refractivity (Wildman–Crippen MR) is 72.5 cm³/mol. The number of aryl methyl sites for hydroxylation is 1. The van der Waals surface area contributed by atoms with Crippen molar-refractivity contribution in [3.63, 3.8) is 0 Å². The Morgan fingerprint density at radius 2 is 1.89 bits per heavy atom. The van der Waals surface area contributed by atoms with Gasteiger partial charge in [-0.1, -0.05) is 6.92 Å². The van der Waals surface area contributed by atoms with Crippen LogP contribution in [-0.4, -0.2) is 48.5 Å². The molecule has 0 bridgehead atoms. The zero-order chi connectivity index (χ0) is 13.9. The molecule has 0 aliphatic carbocycles. The van der Waals surface area contributed by atoms with Crippen LogP contribution in [0.5, 0.6) is 0 Å². The van der Waals surface area contributed by atoms with E-state index in [1.165, 1.54) is 0 Å². The van der Waals surface area contributed by atoms with Gasteiger partial charge in [0.1, 0.15) is 17.5 Å². The van der Waals surface area contributed by atoms with Crippen molar-refractivity contribution in [2.24, 2.45) is 0 Å². The van der Waals surface area contributed by atoms with E-state index in [1.807, 2.05) is 20.9 Å². The molecule has 0 radical (unpaired) electrons. The quantitative estimate of drug-likeness (QED) is 0.841. The first-order chi connectivity index (χ1) is 8.36. The van der Waals surface area contributed by atoms with Crippen LogP contribution in [-0.2, 0) is 11.2 Å². The fraction of sp³-hybridized carbons (Fsp3) is 0.583. The summed E-state index contributed by atoms with van der Waals surface area (Å²) in [6.07, 6.45) is 0.715. The van der Waals surface area contributed by atoms with Gasteiger partial charge in [-0.15, -0.1) is 0 Å². The van der Waals surface area contributed by atoms with Crippen LogP contribution in [0, 0.1) is 6.92 Å². The Labute approximate surface area is 108 Å². The van der Waals surface area contributed by atoms with E-state index in [9.17, 15) is 4.79 Å². The molecule has 0 fully saturated rings. The van der Waals surface area contributed by atoms with Gasteiger partial charge in [0.2, 0.25) is 5.91 Å². The maximum absolute atomic E-state index is 11.7. The van der Waals surface area contributed by atoms with Gasteiger partial charge in [0, 0.05) is 33.1 Å². The molecule has 0 unspecified atom stereocenters. The molecule has 6 nitrogen and oxygen atoms in total. The molecule has 1 rings (SSSR count). The van der Waals surface area contributed by atoms with E-state index in [1.54, 1.807) is 23.9 Å². The van der Waals surface area contributed by atoms with Crippen LogP contribution >= 0.6 is 0 Å². The number of carbonyl (C=O) groups is 1. The van der Waals surface area contributed by atoms with Crippen LogP contribution in [0.3, 0.4) is 0 Å². The van der Waals surface area contributed by atoms with E-state index in [4.69, 9.17) is 5.73 Å². The third-order valence-corrected chi connectivity index (χ3v) is 2.75. The molecule has 0 aliphatic rings. The first-order valence-corrected chi connectivity index (χ1v) is 5.91. The number of likely N-dealkylation sites (N-methyl/N-ethyl adjacent to an activating group) is 2. The largest absolute Gasteiger partial charge is 0.383 e. The highest BCUT2D eigenvalue weighted by Crippen LogP contribution is 2.20. The van der Waals surface area contributed by atoms with Crippen LogP contribution in [0.25, 0.3) is 0 Å². The van der Waals surface area contributed by atoms with Crippen LogP contribution in [0.4, 0.5) is 11.6 Å². The molecule has 0 saturated heterocycles. The van der Waals surface area contributed by atoms with Crippen molar-refractivity contribution in [2.75, 3.05) is 38.3 Å². The maximum Gasteiger partial charge on any atom is 0.241 e. The topological polar surface area (TPSA) is 75.3 Å². The second kappa shape index (κ2) is 5.66. The molecule has 2 N–H and O–H groups in total. The summed E-state index contributed by atoms with van der Waals surface area (Å²) in [5.41, 5.74) is 6.66. The van der Waals surface area contributed by atoms with Crippen LogP contribution < -0.4 is 10.6 Å². The molecule has 18 heavy (non-hydrogen) atoms. The maximum atomic E-state index is 11.7. The van der Waals surface area contributed by atoms with Crippen molar-refractivity contribution >= 4 is 17.5 Å². The number of amides is 1. The summed E-state index contributed by atoms with van der Waals surface area (Å²) >= 11 is 0. The van der Waals surface area contributed by atoms with E-state index in [0.717, 1.165) is 11.4 Å². The first kappa shape index (κ1) is 14.2. The Bertz CT molecular complexity index is 444. The molecule has 0 saturated carbocycles. The smallest absolute Gasteiger partial charge is 0.241 e. The second-order valence-corrected chi connectivity index (χ2v) is 4.47. The van der Waals surface area contributed by atoms with Gasteiger partial charge < -0.3 is 15.5 Å². The summed E-state index contributed by atoms with van der Waals surface area (Å²) in [6.45, 7) is 4.10. The van der Waals surface area contributed by atoms with Crippen LogP contribution in [0.2, 0.25) is 0 Å². The highest BCUT2D eigenvalue weighted by atomic mass is 16.2. The lowest BCUT2D eigenvalue weighted by Gasteiger charge is -2.22. The number of nitrogen functional groups attached to an aromatic ring is 1. The summed E-state index contributed by atoms with van der Waals surface area (Å²) < 4.78 is 0. The van der Waals surface area contributed by atoms with Crippen molar-refractivity contribution in [1.82, 2.24) is 14.9 Å². The van der Waals surface area contributed by atoms with E-state index < -0.39 is 0 Å². The lowest BCUT2D eigenvalue weighted by atomic mass is 10.2. The van der Waals surface area contributed by atoms with Gasteiger partial charge in [-0.05, 0) is 6.92 Å². The Morgan fingerprint density at radius 1 is 1.28 bits per heavy atom. The monoisotopic (exact) mass is 251 g/mol. The van der Waals surface area contributed by atoms with E-state index in [2.05, 4.69) is 9.97 Å². The van der Waals surface area contributed by atoms with Gasteiger partial charge in [0.15, 0.2) is 0 Å². The Hall–Kier alpha value is -1.85. The molecule has 0 atom stereocenters. The number of nitrogens with two attached hydrogens (primary N) is 1. The molecule has 1 heterocycles. The predicted octanol–water partition coefficient (Wildman–Crippen LogP) is 0.454. The second-order valence-electron chi connectivity index (χ2n) is 4.47. The van der Waals surface area contributed by atoms with E-state index in [-0.39, 0.29) is 12.5 Å². The van der Waals surface area contributed by atoms with Gasteiger partial charge in [-0.2, -0.15) is 0 Å². The van der Waals surface area contributed by atoms with Gasteiger partial charge in [-0.3, -0.25) is 4.79 Å². The average molecular weight is 251 g/mol.